The van der Waals surface area contributed by atoms with Gasteiger partial charge >= 0.3 is 0 Å². The van der Waals surface area contributed by atoms with Crippen LogP contribution in [0, 0.1) is 11.7 Å². The molecule has 0 aliphatic heterocycles. The molecule has 2 rings (SSSR count). The molecule has 3 nitrogen and oxygen atoms in total. The fraction of sp³-hybridized carbons (Fsp3) is 0.625. The highest BCUT2D eigenvalue weighted by Crippen LogP contribution is 2.37. The van der Waals surface area contributed by atoms with Gasteiger partial charge in [-0.3, -0.25) is 0 Å². The summed E-state index contributed by atoms with van der Waals surface area (Å²) in [6.45, 7) is 2.87. The standard InChI is InChI=1S/C16H23ClFNO2/c1-2-21-11-6-10(7-11)8-15(20)12(9-19)16-13(17)4-3-5-14(16)18/h3-5,10-12,15,20H,2,6-9,19H2,1H3. The van der Waals surface area contributed by atoms with E-state index in [1.54, 1.807) is 12.1 Å². The van der Waals surface area contributed by atoms with Crippen molar-refractivity contribution in [1.29, 1.82) is 0 Å². The molecule has 118 valence electrons. The second-order valence-electron chi connectivity index (χ2n) is 5.70. The van der Waals surface area contributed by atoms with E-state index < -0.39 is 17.8 Å². The molecular weight excluding hydrogens is 293 g/mol. The van der Waals surface area contributed by atoms with Crippen LogP contribution in [0.25, 0.3) is 0 Å². The first-order valence-corrected chi connectivity index (χ1v) is 7.88. The van der Waals surface area contributed by atoms with Gasteiger partial charge in [-0.1, -0.05) is 17.7 Å². The number of hydrogen-bond acceptors (Lipinski definition) is 3. The minimum absolute atomic E-state index is 0.170. The number of benzene rings is 1. The number of rotatable bonds is 7. The molecule has 1 aliphatic rings. The lowest BCUT2D eigenvalue weighted by Gasteiger charge is -2.37. The van der Waals surface area contributed by atoms with Crippen LogP contribution in [-0.2, 0) is 4.74 Å². The SMILES string of the molecule is CCOC1CC(CC(O)C(CN)c2c(F)cccc2Cl)C1. The lowest BCUT2D eigenvalue weighted by molar-refractivity contribution is -0.0399. The Morgan fingerprint density at radius 3 is 2.76 bits per heavy atom. The van der Waals surface area contributed by atoms with Crippen molar-refractivity contribution < 1.29 is 14.2 Å². The van der Waals surface area contributed by atoms with E-state index in [4.69, 9.17) is 22.1 Å². The Balaban J connectivity index is 1.98. The third-order valence-corrected chi connectivity index (χ3v) is 4.59. The second-order valence-corrected chi connectivity index (χ2v) is 6.10. The zero-order valence-electron chi connectivity index (χ0n) is 12.3. The maximum absolute atomic E-state index is 14.0. The molecule has 0 saturated heterocycles. The number of ether oxygens (including phenoxy) is 1. The molecule has 0 amide bonds. The molecule has 5 heteroatoms. The summed E-state index contributed by atoms with van der Waals surface area (Å²) in [6.07, 6.45) is 2.13. The Morgan fingerprint density at radius 2 is 2.19 bits per heavy atom. The van der Waals surface area contributed by atoms with Crippen LogP contribution in [0.1, 0.15) is 37.7 Å². The summed E-state index contributed by atoms with van der Waals surface area (Å²) in [5.74, 6) is -0.459. The summed E-state index contributed by atoms with van der Waals surface area (Å²) in [7, 11) is 0. The molecule has 1 aliphatic carbocycles. The Hall–Kier alpha value is -0.680. The van der Waals surface area contributed by atoms with Crippen molar-refractivity contribution >= 4 is 11.6 Å². The van der Waals surface area contributed by atoms with Gasteiger partial charge in [-0.2, -0.15) is 0 Å². The second kappa shape index (κ2) is 7.54. The Kier molecular flexibility index (Phi) is 5.99. The number of nitrogens with two attached hydrogens (primary N) is 1. The summed E-state index contributed by atoms with van der Waals surface area (Å²) < 4.78 is 19.5. The number of hydrogen-bond donors (Lipinski definition) is 2. The minimum Gasteiger partial charge on any atom is -0.392 e. The normalized spacial score (nSPS) is 24.4. The van der Waals surface area contributed by atoms with Gasteiger partial charge in [0.25, 0.3) is 0 Å². The van der Waals surface area contributed by atoms with Crippen LogP contribution >= 0.6 is 11.6 Å². The molecule has 0 aromatic heterocycles. The van der Waals surface area contributed by atoms with E-state index >= 15 is 0 Å². The molecule has 1 aromatic rings. The molecule has 2 atom stereocenters. The first-order chi connectivity index (χ1) is 10.1. The Morgan fingerprint density at radius 1 is 1.48 bits per heavy atom. The van der Waals surface area contributed by atoms with Crippen molar-refractivity contribution in [2.75, 3.05) is 13.2 Å². The molecule has 1 fully saturated rings. The quantitative estimate of drug-likeness (QED) is 0.813. The number of halogens is 2. The topological polar surface area (TPSA) is 55.5 Å². The fourth-order valence-corrected chi connectivity index (χ4v) is 3.38. The monoisotopic (exact) mass is 315 g/mol. The number of aliphatic hydroxyl groups is 1. The zero-order chi connectivity index (χ0) is 15.4. The van der Waals surface area contributed by atoms with Gasteiger partial charge in [0.1, 0.15) is 5.82 Å². The van der Waals surface area contributed by atoms with Gasteiger partial charge < -0.3 is 15.6 Å². The van der Waals surface area contributed by atoms with Crippen LogP contribution in [0.5, 0.6) is 0 Å². The average Bonchev–Trinajstić information content (AvgIpc) is 2.40. The molecule has 3 N–H and O–H groups in total. The summed E-state index contributed by atoms with van der Waals surface area (Å²) in [4.78, 5) is 0. The Bertz CT molecular complexity index is 445. The van der Waals surface area contributed by atoms with E-state index in [1.807, 2.05) is 6.92 Å². The van der Waals surface area contributed by atoms with E-state index in [0.717, 1.165) is 19.4 Å². The van der Waals surface area contributed by atoms with Gasteiger partial charge in [0.2, 0.25) is 0 Å². The third kappa shape index (κ3) is 3.95. The summed E-state index contributed by atoms with van der Waals surface area (Å²) >= 11 is 6.07. The smallest absolute Gasteiger partial charge is 0.128 e. The van der Waals surface area contributed by atoms with Crippen molar-refractivity contribution in [3.8, 4) is 0 Å². The summed E-state index contributed by atoms with van der Waals surface area (Å²) in [5, 5.41) is 10.7. The van der Waals surface area contributed by atoms with E-state index in [9.17, 15) is 9.50 Å². The van der Waals surface area contributed by atoms with E-state index in [2.05, 4.69) is 0 Å². The van der Waals surface area contributed by atoms with Gasteiger partial charge in [0.15, 0.2) is 0 Å². The van der Waals surface area contributed by atoms with Crippen molar-refractivity contribution in [1.82, 2.24) is 0 Å². The van der Waals surface area contributed by atoms with Crippen LogP contribution in [-0.4, -0.2) is 30.5 Å². The molecular formula is C16H23ClFNO2. The highest BCUT2D eigenvalue weighted by atomic mass is 35.5. The summed E-state index contributed by atoms with van der Waals surface area (Å²) in [5.41, 5.74) is 6.07. The first kappa shape index (κ1) is 16.7. The van der Waals surface area contributed by atoms with E-state index in [1.165, 1.54) is 6.07 Å². The van der Waals surface area contributed by atoms with E-state index in [-0.39, 0.29) is 6.54 Å². The lowest BCUT2D eigenvalue weighted by atomic mass is 9.76. The van der Waals surface area contributed by atoms with Crippen LogP contribution in [0.4, 0.5) is 4.39 Å². The maximum Gasteiger partial charge on any atom is 0.128 e. The van der Waals surface area contributed by atoms with Crippen molar-refractivity contribution in [2.24, 2.45) is 11.7 Å². The molecule has 21 heavy (non-hydrogen) atoms. The first-order valence-electron chi connectivity index (χ1n) is 7.50. The fourth-order valence-electron chi connectivity index (χ4n) is 3.08. The van der Waals surface area contributed by atoms with Crippen molar-refractivity contribution in [2.45, 2.75) is 44.3 Å². The maximum atomic E-state index is 14.0. The van der Waals surface area contributed by atoms with Crippen molar-refractivity contribution in [3.05, 3.63) is 34.6 Å². The van der Waals surface area contributed by atoms with Gasteiger partial charge in [-0.15, -0.1) is 0 Å². The van der Waals surface area contributed by atoms with Crippen LogP contribution in [0.3, 0.4) is 0 Å². The van der Waals surface area contributed by atoms with Gasteiger partial charge in [-0.05, 0) is 44.2 Å². The van der Waals surface area contributed by atoms with Crippen LogP contribution < -0.4 is 5.73 Å². The van der Waals surface area contributed by atoms with Gasteiger partial charge in [-0.25, -0.2) is 4.39 Å². The minimum atomic E-state index is -0.683. The Labute approximate surface area is 130 Å². The predicted octanol–water partition coefficient (Wildman–Crippen LogP) is 3.09. The lowest BCUT2D eigenvalue weighted by Crippen LogP contribution is -2.36. The van der Waals surface area contributed by atoms with Crippen LogP contribution in [0.2, 0.25) is 5.02 Å². The molecule has 1 saturated carbocycles. The van der Waals surface area contributed by atoms with Gasteiger partial charge in [0.05, 0.1) is 12.2 Å². The third-order valence-electron chi connectivity index (χ3n) is 4.26. The average molecular weight is 316 g/mol. The molecule has 1 aromatic carbocycles. The van der Waals surface area contributed by atoms with E-state index in [0.29, 0.717) is 29.0 Å². The zero-order valence-corrected chi connectivity index (χ0v) is 13.0. The summed E-state index contributed by atoms with van der Waals surface area (Å²) in [6, 6.07) is 4.54. The largest absolute Gasteiger partial charge is 0.392 e. The number of aliphatic hydroxyl groups excluding tert-OH is 1. The predicted molar refractivity (Wildman–Crippen MR) is 82.0 cm³/mol. The van der Waals surface area contributed by atoms with Crippen LogP contribution in [0.15, 0.2) is 18.2 Å². The molecule has 0 radical (unpaired) electrons. The molecule has 2 unspecified atom stereocenters. The molecule has 0 spiro atoms. The van der Waals surface area contributed by atoms with Gasteiger partial charge in [0, 0.05) is 29.7 Å². The van der Waals surface area contributed by atoms with Crippen molar-refractivity contribution in [3.63, 3.8) is 0 Å². The molecule has 0 heterocycles. The highest BCUT2D eigenvalue weighted by Gasteiger charge is 2.34. The highest BCUT2D eigenvalue weighted by molar-refractivity contribution is 6.31. The molecule has 0 bridgehead atoms.